The van der Waals surface area contributed by atoms with E-state index in [1.807, 2.05) is 33.1 Å². The molecule has 2 aromatic rings. The van der Waals surface area contributed by atoms with Crippen molar-refractivity contribution in [2.45, 2.75) is 69.2 Å². The summed E-state index contributed by atoms with van der Waals surface area (Å²) in [5.41, 5.74) is 1.79. The van der Waals surface area contributed by atoms with Gasteiger partial charge in [0.15, 0.2) is 0 Å². The second-order valence-corrected chi connectivity index (χ2v) is 5.66. The number of thiazole rings is 1. The van der Waals surface area contributed by atoms with E-state index in [4.69, 9.17) is 0 Å². The normalized spacial score (nSPS) is 7.45. The molecule has 0 bridgehead atoms. The van der Waals surface area contributed by atoms with Crippen LogP contribution in [0.4, 0.5) is 0 Å². The average molecular weight is 330 g/mol. The standard InChI is InChI=1S/2C4H10.C3H4N2.C3H3NS.2C2H6/c2*1-4(2)3;2*1-2-5-3-4-1;2*1-2/h2*4H,1-3H3;1-3H,(H,4,5);1-3H;2*1-2H3. The predicted octanol–water partition coefficient (Wildman–Crippen LogP) is 6.93. The van der Waals surface area contributed by atoms with Crippen LogP contribution in [0.1, 0.15) is 69.2 Å². The third kappa shape index (κ3) is 76.7. The van der Waals surface area contributed by atoms with Crippen LogP contribution >= 0.6 is 11.3 Å². The lowest BCUT2D eigenvalue weighted by atomic mass is 10.3. The van der Waals surface area contributed by atoms with Crippen LogP contribution in [-0.4, -0.2) is 15.0 Å². The largest absolute Gasteiger partial charge is 0.351 e. The van der Waals surface area contributed by atoms with Crippen molar-refractivity contribution in [3.05, 3.63) is 35.8 Å². The van der Waals surface area contributed by atoms with Gasteiger partial charge in [-0.05, 0) is 11.8 Å². The third-order valence-electron chi connectivity index (χ3n) is 0.753. The smallest absolute Gasteiger partial charge is 0.0919 e. The van der Waals surface area contributed by atoms with E-state index in [0.717, 1.165) is 11.8 Å². The summed E-state index contributed by atoms with van der Waals surface area (Å²) in [5.74, 6) is 1.67. The van der Waals surface area contributed by atoms with Crippen LogP contribution in [0.25, 0.3) is 0 Å². The zero-order valence-electron chi connectivity index (χ0n) is 16.4. The summed E-state index contributed by atoms with van der Waals surface area (Å²) in [5, 5.41) is 1.93. The fourth-order valence-corrected chi connectivity index (χ4v) is 0.742. The number of hydrogen-bond acceptors (Lipinski definition) is 3. The summed E-state index contributed by atoms with van der Waals surface area (Å²) in [6.07, 6.45) is 6.85. The highest BCUT2D eigenvalue weighted by Crippen LogP contribution is 1.86. The highest BCUT2D eigenvalue weighted by Gasteiger charge is 1.68. The van der Waals surface area contributed by atoms with Crippen molar-refractivity contribution in [2.75, 3.05) is 0 Å². The zero-order valence-corrected chi connectivity index (χ0v) is 17.2. The molecule has 3 nitrogen and oxygen atoms in total. The molecular weight excluding hydrogens is 290 g/mol. The van der Waals surface area contributed by atoms with Crippen LogP contribution < -0.4 is 0 Å². The van der Waals surface area contributed by atoms with Crippen LogP contribution in [0.5, 0.6) is 0 Å². The van der Waals surface area contributed by atoms with Crippen LogP contribution in [0.3, 0.4) is 0 Å². The SMILES string of the molecule is CC.CC.CC(C)C.CC(C)C.c1c[nH]cn1.c1cscn1. The van der Waals surface area contributed by atoms with Gasteiger partial charge in [-0.1, -0.05) is 69.2 Å². The quantitative estimate of drug-likeness (QED) is 0.569. The molecule has 132 valence electrons. The first-order chi connectivity index (χ1) is 10.5. The van der Waals surface area contributed by atoms with Gasteiger partial charge in [0, 0.05) is 24.0 Å². The van der Waals surface area contributed by atoms with Gasteiger partial charge < -0.3 is 4.98 Å². The maximum absolute atomic E-state index is 3.74. The topological polar surface area (TPSA) is 41.6 Å². The minimum Gasteiger partial charge on any atom is -0.351 e. The Morgan fingerprint density at radius 1 is 0.773 bits per heavy atom. The van der Waals surface area contributed by atoms with Gasteiger partial charge in [-0.3, -0.25) is 4.98 Å². The molecule has 0 aromatic carbocycles. The molecule has 0 amide bonds. The Hall–Kier alpha value is -1.16. The molecule has 0 aliphatic rings. The van der Waals surface area contributed by atoms with E-state index in [0.29, 0.717) is 0 Å². The van der Waals surface area contributed by atoms with Gasteiger partial charge >= 0.3 is 0 Å². The number of H-pyrrole nitrogens is 1. The number of imidazole rings is 1. The summed E-state index contributed by atoms with van der Waals surface area (Å²) in [4.78, 5) is 10.2. The molecule has 2 heterocycles. The van der Waals surface area contributed by atoms with Gasteiger partial charge in [-0.25, -0.2) is 4.98 Å². The van der Waals surface area contributed by atoms with E-state index in [1.165, 1.54) is 0 Å². The number of aromatic amines is 1. The van der Waals surface area contributed by atoms with Gasteiger partial charge in [0.25, 0.3) is 0 Å². The van der Waals surface area contributed by atoms with Gasteiger partial charge in [-0.2, -0.15) is 0 Å². The summed E-state index contributed by atoms with van der Waals surface area (Å²) >= 11 is 1.60. The first-order valence-corrected chi connectivity index (χ1v) is 9.16. The van der Waals surface area contributed by atoms with Crippen LogP contribution in [0.2, 0.25) is 0 Å². The monoisotopic (exact) mass is 329 g/mol. The van der Waals surface area contributed by atoms with E-state index >= 15 is 0 Å². The number of nitrogens with zero attached hydrogens (tertiary/aromatic N) is 2. The highest BCUT2D eigenvalue weighted by atomic mass is 32.1. The van der Waals surface area contributed by atoms with E-state index in [1.54, 1.807) is 41.8 Å². The Balaban J connectivity index is -0.0000000919. The molecule has 0 radical (unpaired) electrons. The third-order valence-corrected chi connectivity index (χ3v) is 1.28. The highest BCUT2D eigenvalue weighted by molar-refractivity contribution is 7.07. The van der Waals surface area contributed by atoms with Crippen molar-refractivity contribution in [1.29, 1.82) is 0 Å². The van der Waals surface area contributed by atoms with Crippen LogP contribution in [0.15, 0.2) is 35.8 Å². The fraction of sp³-hybridized carbons (Fsp3) is 0.667. The van der Waals surface area contributed by atoms with Crippen molar-refractivity contribution in [2.24, 2.45) is 11.8 Å². The van der Waals surface area contributed by atoms with Gasteiger partial charge in [0.2, 0.25) is 0 Å². The first-order valence-electron chi connectivity index (χ1n) is 8.21. The molecule has 0 atom stereocenters. The van der Waals surface area contributed by atoms with E-state index in [2.05, 4.69) is 56.5 Å². The molecule has 22 heavy (non-hydrogen) atoms. The van der Waals surface area contributed by atoms with Crippen molar-refractivity contribution < 1.29 is 0 Å². The molecular formula is C18H39N3S. The van der Waals surface area contributed by atoms with Gasteiger partial charge in [0.1, 0.15) is 0 Å². The molecule has 0 unspecified atom stereocenters. The van der Waals surface area contributed by atoms with Gasteiger partial charge in [0.05, 0.1) is 11.8 Å². The Bertz CT molecular complexity index is 218. The minimum atomic E-state index is 0.833. The number of rotatable bonds is 0. The lowest BCUT2D eigenvalue weighted by Gasteiger charge is -1.79. The summed E-state index contributed by atoms with van der Waals surface area (Å²) in [7, 11) is 0. The molecule has 1 N–H and O–H groups in total. The number of hydrogen-bond donors (Lipinski definition) is 1. The molecule has 2 rings (SSSR count). The molecule has 4 heteroatoms. The first kappa shape index (κ1) is 28.9. The molecule has 0 spiro atoms. The van der Waals surface area contributed by atoms with Gasteiger partial charge in [-0.15, -0.1) is 11.3 Å². The summed E-state index contributed by atoms with van der Waals surface area (Å²) in [6.45, 7) is 21.0. The second-order valence-electron chi connectivity index (χ2n) is 4.90. The number of nitrogens with one attached hydrogen (secondary N) is 1. The van der Waals surface area contributed by atoms with Crippen molar-refractivity contribution in [1.82, 2.24) is 15.0 Å². The molecule has 0 saturated heterocycles. The van der Waals surface area contributed by atoms with E-state index in [-0.39, 0.29) is 0 Å². The van der Waals surface area contributed by atoms with Crippen molar-refractivity contribution in [3.8, 4) is 0 Å². The summed E-state index contributed by atoms with van der Waals surface area (Å²) < 4.78 is 0. The average Bonchev–Trinajstić information content (AvgIpc) is 3.20. The van der Waals surface area contributed by atoms with Crippen LogP contribution in [0, 0.1) is 11.8 Å². The Morgan fingerprint density at radius 2 is 1.23 bits per heavy atom. The second kappa shape index (κ2) is 32.0. The fourth-order valence-electron chi connectivity index (χ4n) is 0.391. The van der Waals surface area contributed by atoms with E-state index < -0.39 is 0 Å². The maximum Gasteiger partial charge on any atom is 0.0919 e. The number of aromatic nitrogens is 3. The van der Waals surface area contributed by atoms with E-state index in [9.17, 15) is 0 Å². The Labute approximate surface area is 143 Å². The zero-order chi connectivity index (χ0) is 18.2. The molecule has 2 aromatic heterocycles. The minimum absolute atomic E-state index is 0.833. The lowest BCUT2D eigenvalue weighted by molar-refractivity contribution is 0.736. The maximum atomic E-state index is 3.74. The lowest BCUT2D eigenvalue weighted by Crippen LogP contribution is -1.66. The predicted molar refractivity (Wildman–Crippen MR) is 104 cm³/mol. The Morgan fingerprint density at radius 3 is 1.32 bits per heavy atom. The molecule has 0 aliphatic carbocycles. The van der Waals surface area contributed by atoms with Crippen molar-refractivity contribution in [3.63, 3.8) is 0 Å². The Kier molecular flexibility index (Phi) is 42.0. The van der Waals surface area contributed by atoms with Crippen molar-refractivity contribution >= 4 is 11.3 Å². The molecule has 0 fully saturated rings. The molecule has 0 aliphatic heterocycles. The van der Waals surface area contributed by atoms with Crippen LogP contribution in [-0.2, 0) is 0 Å². The summed E-state index contributed by atoms with van der Waals surface area (Å²) in [6, 6.07) is 0. The molecule has 0 saturated carbocycles.